The molecule has 0 unspecified atom stereocenters. The molecule has 11 nitrogen and oxygen atoms in total. The summed E-state index contributed by atoms with van der Waals surface area (Å²) in [5, 5.41) is 2.89. The van der Waals surface area contributed by atoms with Gasteiger partial charge in [-0.15, -0.1) is 0 Å². The molecule has 3 aromatic rings. The fourth-order valence-corrected chi connectivity index (χ4v) is 5.63. The Morgan fingerprint density at radius 1 is 1.00 bits per heavy atom. The Morgan fingerprint density at radius 2 is 1.76 bits per heavy atom. The predicted molar refractivity (Wildman–Crippen MR) is 193 cm³/mol. The molecule has 0 aromatic heterocycles. The molecule has 49 heavy (non-hydrogen) atoms. The number of unbranched alkanes of at least 4 members (excludes halogenated alkanes) is 1. The molecule has 0 radical (unpaired) electrons. The zero-order chi connectivity index (χ0) is 35.3. The molecule has 1 fully saturated rings. The van der Waals surface area contributed by atoms with Crippen LogP contribution in [0.1, 0.15) is 58.9 Å². The second-order valence-corrected chi connectivity index (χ2v) is 12.4. The number of piperazine rings is 1. The zero-order valence-corrected chi connectivity index (χ0v) is 29.3. The van der Waals surface area contributed by atoms with Crippen LogP contribution >= 0.6 is 0 Å². The van der Waals surface area contributed by atoms with Gasteiger partial charge in [-0.05, 0) is 101 Å². The Labute approximate surface area is 289 Å². The van der Waals surface area contributed by atoms with E-state index in [1.165, 1.54) is 7.11 Å². The summed E-state index contributed by atoms with van der Waals surface area (Å²) in [5.74, 6) is 2.89. The van der Waals surface area contributed by atoms with Crippen molar-refractivity contribution in [2.75, 3.05) is 70.8 Å². The SMILES string of the molecule is COc1cc(C(=O)N(C)c2ccc(C)cc2OCCCCC(=C=O)N2CCN(C)CC2)ccc1NC(=O)c1ccccc1O[C@@H](C)CCN. The minimum atomic E-state index is -0.371. The first kappa shape index (κ1) is 37.0. The van der Waals surface area contributed by atoms with Gasteiger partial charge in [0.05, 0.1) is 42.5 Å². The van der Waals surface area contributed by atoms with Crippen molar-refractivity contribution >= 4 is 29.1 Å². The van der Waals surface area contributed by atoms with Gasteiger partial charge in [0.15, 0.2) is 0 Å². The predicted octanol–water partition coefficient (Wildman–Crippen LogP) is 5.16. The Hall–Kier alpha value is -4.83. The lowest BCUT2D eigenvalue weighted by Gasteiger charge is -2.34. The molecule has 2 amide bonds. The number of likely N-dealkylation sites (N-methyl/N-ethyl adjacent to an activating group) is 1. The summed E-state index contributed by atoms with van der Waals surface area (Å²) in [6, 6.07) is 17.6. The maximum atomic E-state index is 13.7. The molecule has 1 aliphatic heterocycles. The number of amides is 2. The van der Waals surface area contributed by atoms with Crippen LogP contribution in [0.4, 0.5) is 11.4 Å². The van der Waals surface area contributed by atoms with Crippen molar-refractivity contribution in [3.63, 3.8) is 0 Å². The maximum absolute atomic E-state index is 13.7. The summed E-state index contributed by atoms with van der Waals surface area (Å²) in [5.41, 5.74) is 9.17. The molecule has 262 valence electrons. The number of nitrogens with two attached hydrogens (primary N) is 1. The van der Waals surface area contributed by atoms with E-state index < -0.39 is 0 Å². The molecular weight excluding hydrogens is 622 g/mol. The first-order valence-electron chi connectivity index (χ1n) is 16.8. The summed E-state index contributed by atoms with van der Waals surface area (Å²) in [6.07, 6.45) is 2.70. The summed E-state index contributed by atoms with van der Waals surface area (Å²) in [4.78, 5) is 44.6. The Kier molecular flexibility index (Phi) is 13.6. The fraction of sp³-hybridized carbons (Fsp3) is 0.421. The summed E-state index contributed by atoms with van der Waals surface area (Å²) >= 11 is 0. The molecule has 0 bridgehead atoms. The number of rotatable bonds is 16. The Bertz CT molecular complexity index is 1630. The number of carbonyl (C=O) groups is 2. The van der Waals surface area contributed by atoms with Crippen LogP contribution < -0.4 is 30.2 Å². The van der Waals surface area contributed by atoms with Gasteiger partial charge in [0.2, 0.25) is 0 Å². The molecule has 1 heterocycles. The zero-order valence-electron chi connectivity index (χ0n) is 29.3. The second-order valence-electron chi connectivity index (χ2n) is 12.4. The number of hydrogen-bond acceptors (Lipinski definition) is 9. The van der Waals surface area contributed by atoms with Gasteiger partial charge < -0.3 is 40.0 Å². The normalized spacial score (nSPS) is 13.6. The molecule has 0 spiro atoms. The van der Waals surface area contributed by atoms with Crippen molar-refractivity contribution in [3.8, 4) is 17.2 Å². The molecule has 1 aliphatic rings. The van der Waals surface area contributed by atoms with E-state index in [1.54, 1.807) is 48.3 Å². The third-order valence-electron chi connectivity index (χ3n) is 8.58. The number of benzene rings is 3. The summed E-state index contributed by atoms with van der Waals surface area (Å²) < 4.78 is 17.7. The van der Waals surface area contributed by atoms with Gasteiger partial charge >= 0.3 is 0 Å². The van der Waals surface area contributed by atoms with Crippen LogP contribution in [-0.4, -0.2) is 94.2 Å². The number of hydrogen-bond donors (Lipinski definition) is 2. The quantitative estimate of drug-likeness (QED) is 0.157. The maximum Gasteiger partial charge on any atom is 0.259 e. The van der Waals surface area contributed by atoms with Gasteiger partial charge in [0, 0.05) is 38.8 Å². The molecule has 3 aromatic carbocycles. The lowest BCUT2D eigenvalue weighted by atomic mass is 10.1. The number of aryl methyl sites for hydroxylation is 1. The molecule has 3 N–H and O–H groups in total. The van der Waals surface area contributed by atoms with Crippen molar-refractivity contribution in [2.24, 2.45) is 5.73 Å². The van der Waals surface area contributed by atoms with Crippen LogP contribution in [0.25, 0.3) is 0 Å². The smallest absolute Gasteiger partial charge is 0.259 e. The van der Waals surface area contributed by atoms with Crippen LogP contribution in [0.15, 0.2) is 66.4 Å². The number of nitrogens with zero attached hydrogens (tertiary/aromatic N) is 3. The van der Waals surface area contributed by atoms with Gasteiger partial charge in [-0.2, -0.15) is 0 Å². The number of para-hydroxylation sites is 1. The minimum Gasteiger partial charge on any atom is -0.495 e. The highest BCUT2D eigenvalue weighted by atomic mass is 16.5. The highest BCUT2D eigenvalue weighted by Crippen LogP contribution is 2.32. The second kappa shape index (κ2) is 18.1. The van der Waals surface area contributed by atoms with Crippen molar-refractivity contribution in [1.29, 1.82) is 0 Å². The van der Waals surface area contributed by atoms with Gasteiger partial charge in [-0.25, -0.2) is 4.79 Å². The lowest BCUT2D eigenvalue weighted by Crippen LogP contribution is -2.44. The van der Waals surface area contributed by atoms with E-state index >= 15 is 0 Å². The van der Waals surface area contributed by atoms with E-state index in [1.807, 2.05) is 38.1 Å². The van der Waals surface area contributed by atoms with Crippen molar-refractivity contribution in [2.45, 2.75) is 45.6 Å². The van der Waals surface area contributed by atoms with Crippen LogP contribution in [-0.2, 0) is 4.79 Å². The van der Waals surface area contributed by atoms with Crippen LogP contribution in [0, 0.1) is 6.92 Å². The average Bonchev–Trinajstić information content (AvgIpc) is 3.10. The van der Waals surface area contributed by atoms with E-state index in [0.717, 1.165) is 50.3 Å². The monoisotopic (exact) mass is 671 g/mol. The standard InChI is InChI=1S/C38H49N5O6/c1-27-13-16-33(36(24-27)48-23-9-8-10-30(26-44)43-21-19-41(3)20-22-43)42(4)38(46)29-14-15-32(35(25-29)47-5)40-37(45)31-11-6-7-12-34(31)49-28(2)17-18-39/h6-7,11-16,24-25,28H,8-10,17-23,39H2,1-5H3,(H,40,45)/t28-/m0/s1. The third kappa shape index (κ3) is 10.1. The first-order chi connectivity index (χ1) is 23.6. The number of ether oxygens (including phenoxy) is 3. The number of nitrogens with one attached hydrogen (secondary N) is 1. The topological polar surface area (TPSA) is 127 Å². The largest absolute Gasteiger partial charge is 0.495 e. The number of allylic oxidation sites excluding steroid dienone is 1. The highest BCUT2D eigenvalue weighted by Gasteiger charge is 2.22. The fourth-order valence-electron chi connectivity index (χ4n) is 5.63. The molecule has 1 atom stereocenters. The van der Waals surface area contributed by atoms with Crippen LogP contribution in [0.5, 0.6) is 17.2 Å². The number of methoxy groups -OCH3 is 1. The van der Waals surface area contributed by atoms with Gasteiger partial charge in [0.25, 0.3) is 11.8 Å². The lowest BCUT2D eigenvalue weighted by molar-refractivity contribution is 0.0990. The molecule has 11 heteroatoms. The molecule has 4 rings (SSSR count). The first-order valence-corrected chi connectivity index (χ1v) is 16.8. The Morgan fingerprint density at radius 3 is 2.47 bits per heavy atom. The van der Waals surface area contributed by atoms with E-state index in [4.69, 9.17) is 19.9 Å². The Balaban J connectivity index is 1.40. The molecule has 0 saturated carbocycles. The average molecular weight is 672 g/mol. The molecular formula is C38H49N5O6. The van der Waals surface area contributed by atoms with E-state index in [2.05, 4.69) is 28.1 Å². The van der Waals surface area contributed by atoms with E-state index in [-0.39, 0.29) is 17.9 Å². The van der Waals surface area contributed by atoms with Gasteiger partial charge in [0.1, 0.15) is 23.2 Å². The molecule has 0 aliphatic carbocycles. The van der Waals surface area contributed by atoms with Gasteiger partial charge in [-0.1, -0.05) is 18.2 Å². The van der Waals surface area contributed by atoms with Crippen LogP contribution in [0.2, 0.25) is 0 Å². The number of carbonyl (C=O) groups excluding carboxylic acids is 3. The highest BCUT2D eigenvalue weighted by molar-refractivity contribution is 6.09. The van der Waals surface area contributed by atoms with E-state index in [9.17, 15) is 14.4 Å². The van der Waals surface area contributed by atoms with Crippen molar-refractivity contribution in [3.05, 3.63) is 83.1 Å². The van der Waals surface area contributed by atoms with Crippen molar-refractivity contribution < 1.29 is 28.6 Å². The number of anilines is 2. The van der Waals surface area contributed by atoms with E-state index in [0.29, 0.717) is 65.7 Å². The minimum absolute atomic E-state index is 0.151. The third-order valence-corrected chi connectivity index (χ3v) is 8.58. The molecule has 1 saturated heterocycles. The summed E-state index contributed by atoms with van der Waals surface area (Å²) in [6.45, 7) is 8.35. The summed E-state index contributed by atoms with van der Waals surface area (Å²) in [7, 11) is 5.27. The van der Waals surface area contributed by atoms with Crippen LogP contribution in [0.3, 0.4) is 0 Å². The van der Waals surface area contributed by atoms with Crippen molar-refractivity contribution in [1.82, 2.24) is 9.80 Å². The van der Waals surface area contributed by atoms with Gasteiger partial charge in [-0.3, -0.25) is 9.59 Å².